The fourth-order valence-electron chi connectivity index (χ4n) is 3.75. The molecule has 0 aliphatic heterocycles. The third-order valence-corrected chi connectivity index (χ3v) is 7.96. The molecular weight excluding hydrogens is 463 g/mol. The summed E-state index contributed by atoms with van der Waals surface area (Å²) in [5.74, 6) is -0.668. The zero-order valence-corrected chi connectivity index (χ0v) is 19.1. The zero-order valence-electron chi connectivity index (χ0n) is 17.4. The van der Waals surface area contributed by atoms with Crippen molar-refractivity contribution in [3.05, 3.63) is 78.0 Å². The highest BCUT2D eigenvalue weighted by Gasteiger charge is 2.44. The van der Waals surface area contributed by atoms with Gasteiger partial charge in [-0.2, -0.15) is 0 Å². The van der Waals surface area contributed by atoms with Crippen molar-refractivity contribution < 1.29 is 17.6 Å². The van der Waals surface area contributed by atoms with Crippen LogP contribution in [0.1, 0.15) is 23.5 Å². The first kappa shape index (κ1) is 21.5. The molecule has 0 bridgehead atoms. The van der Waals surface area contributed by atoms with Gasteiger partial charge in [0.05, 0.1) is 20.8 Å². The van der Waals surface area contributed by atoms with E-state index in [1.807, 2.05) is 13.0 Å². The third kappa shape index (κ3) is 4.44. The first-order valence-electron chi connectivity index (χ1n) is 10.2. The van der Waals surface area contributed by atoms with Gasteiger partial charge in [0.15, 0.2) is 0 Å². The van der Waals surface area contributed by atoms with E-state index in [-0.39, 0.29) is 28.5 Å². The van der Waals surface area contributed by atoms with E-state index in [0.29, 0.717) is 6.42 Å². The van der Waals surface area contributed by atoms with Crippen LogP contribution in [0.15, 0.2) is 66.0 Å². The van der Waals surface area contributed by atoms with Gasteiger partial charge in [-0.15, -0.1) is 11.3 Å². The topological polar surface area (TPSA) is 101 Å². The predicted molar refractivity (Wildman–Crippen MR) is 125 cm³/mol. The van der Waals surface area contributed by atoms with Crippen molar-refractivity contribution in [3.8, 4) is 0 Å². The second kappa shape index (κ2) is 8.20. The average Bonchev–Trinajstić information content (AvgIpc) is 3.49. The molecule has 2 N–H and O–H groups in total. The van der Waals surface area contributed by atoms with Gasteiger partial charge in [0.1, 0.15) is 11.6 Å². The van der Waals surface area contributed by atoms with Crippen LogP contribution in [0.2, 0.25) is 0 Å². The van der Waals surface area contributed by atoms with Gasteiger partial charge < -0.3 is 5.32 Å². The monoisotopic (exact) mass is 482 g/mol. The number of carbonyl (C=O) groups is 1. The summed E-state index contributed by atoms with van der Waals surface area (Å²) in [6, 6.07) is 10.8. The standard InChI is InChI=1S/C23H19FN4O3S2/c1-13-10-25-12-20-17(13)9-22(32-20)27-23(29)19-8-18(19)14-2-5-16(6-3-14)33(30,31)28-21-7-4-15(24)11-26-21/h2-7,9-12,18-19H,8H2,1H3,(H,26,28)(H,27,29). The van der Waals surface area contributed by atoms with Crippen LogP contribution in [0.3, 0.4) is 0 Å². The number of aromatic nitrogens is 2. The molecule has 1 aliphatic rings. The van der Waals surface area contributed by atoms with Gasteiger partial charge in [-0.05, 0) is 60.7 Å². The molecule has 0 radical (unpaired) electrons. The molecule has 7 nitrogen and oxygen atoms in total. The summed E-state index contributed by atoms with van der Waals surface area (Å²) in [4.78, 5) is 20.7. The molecule has 2 unspecified atom stereocenters. The average molecular weight is 483 g/mol. The number of fused-ring (bicyclic) bond motifs is 1. The Labute approximate surface area is 193 Å². The Morgan fingerprint density at radius 3 is 2.61 bits per heavy atom. The number of carbonyl (C=O) groups excluding carboxylic acids is 1. The molecule has 0 spiro atoms. The number of halogens is 1. The molecule has 3 aromatic heterocycles. The fourth-order valence-corrected chi connectivity index (χ4v) is 5.77. The van der Waals surface area contributed by atoms with Crippen LogP contribution in [0.5, 0.6) is 0 Å². The van der Waals surface area contributed by atoms with Gasteiger partial charge >= 0.3 is 0 Å². The number of benzene rings is 1. The van der Waals surface area contributed by atoms with Crippen molar-refractivity contribution in [3.63, 3.8) is 0 Å². The lowest BCUT2D eigenvalue weighted by Crippen LogP contribution is -2.14. The lowest BCUT2D eigenvalue weighted by atomic mass is 10.1. The van der Waals surface area contributed by atoms with E-state index in [2.05, 4.69) is 20.0 Å². The van der Waals surface area contributed by atoms with Crippen LogP contribution in [0.4, 0.5) is 15.2 Å². The normalized spacial score (nSPS) is 17.6. The molecule has 1 saturated carbocycles. The minimum absolute atomic E-state index is 0.0339. The number of rotatable bonds is 6. The summed E-state index contributed by atoms with van der Waals surface area (Å²) >= 11 is 1.49. The third-order valence-electron chi connectivity index (χ3n) is 5.60. The highest BCUT2D eigenvalue weighted by atomic mass is 32.2. The van der Waals surface area contributed by atoms with Gasteiger partial charge in [0, 0.05) is 23.7 Å². The van der Waals surface area contributed by atoms with Crippen LogP contribution in [-0.4, -0.2) is 24.3 Å². The number of hydrogen-bond donors (Lipinski definition) is 2. The number of nitrogens with one attached hydrogen (secondary N) is 2. The van der Waals surface area contributed by atoms with E-state index < -0.39 is 15.8 Å². The molecule has 2 atom stereocenters. The van der Waals surface area contributed by atoms with Gasteiger partial charge in [-0.25, -0.2) is 17.8 Å². The number of sulfonamides is 1. The van der Waals surface area contributed by atoms with E-state index in [9.17, 15) is 17.6 Å². The molecule has 10 heteroatoms. The Morgan fingerprint density at radius 1 is 1.12 bits per heavy atom. The zero-order chi connectivity index (χ0) is 23.2. The molecule has 4 aromatic rings. The van der Waals surface area contributed by atoms with Gasteiger partial charge in [0.25, 0.3) is 10.0 Å². The van der Waals surface area contributed by atoms with Crippen LogP contribution >= 0.6 is 11.3 Å². The number of anilines is 2. The van der Waals surface area contributed by atoms with E-state index in [1.54, 1.807) is 24.5 Å². The van der Waals surface area contributed by atoms with E-state index >= 15 is 0 Å². The number of hydrogen-bond acceptors (Lipinski definition) is 6. The quantitative estimate of drug-likeness (QED) is 0.416. The fraction of sp³-hybridized carbons (Fsp3) is 0.174. The summed E-state index contributed by atoms with van der Waals surface area (Å²) in [7, 11) is -3.85. The minimum atomic E-state index is -3.85. The molecule has 1 fully saturated rings. The molecular formula is C23H19FN4O3S2. The predicted octanol–water partition coefficient (Wildman–Crippen LogP) is 4.68. The molecule has 3 heterocycles. The molecule has 5 rings (SSSR count). The molecule has 0 saturated heterocycles. The van der Waals surface area contributed by atoms with Crippen LogP contribution in [-0.2, 0) is 14.8 Å². The molecule has 1 aliphatic carbocycles. The van der Waals surface area contributed by atoms with Crippen molar-refractivity contribution in [2.75, 3.05) is 10.0 Å². The number of thiophene rings is 1. The number of pyridine rings is 2. The molecule has 33 heavy (non-hydrogen) atoms. The first-order valence-corrected chi connectivity index (χ1v) is 12.5. The van der Waals surface area contributed by atoms with Crippen molar-refractivity contribution in [1.82, 2.24) is 9.97 Å². The smallest absolute Gasteiger partial charge is 0.263 e. The first-order chi connectivity index (χ1) is 15.8. The Balaban J connectivity index is 1.24. The van der Waals surface area contributed by atoms with Gasteiger partial charge in [-0.1, -0.05) is 12.1 Å². The second-order valence-corrected chi connectivity index (χ2v) is 10.7. The van der Waals surface area contributed by atoms with Gasteiger partial charge in [0.2, 0.25) is 5.91 Å². The van der Waals surface area contributed by atoms with Crippen molar-refractivity contribution in [2.45, 2.75) is 24.2 Å². The van der Waals surface area contributed by atoms with E-state index in [4.69, 9.17) is 0 Å². The van der Waals surface area contributed by atoms with Crippen LogP contribution < -0.4 is 10.0 Å². The maximum Gasteiger partial charge on any atom is 0.263 e. The number of amides is 1. The SMILES string of the molecule is Cc1cncc2sc(NC(=O)C3CC3c3ccc(S(=O)(=O)Nc4ccc(F)cn4)cc3)cc12. The number of aryl methyl sites for hydroxylation is 1. The van der Waals surface area contributed by atoms with Crippen molar-refractivity contribution in [2.24, 2.45) is 5.92 Å². The Hall–Kier alpha value is -3.37. The maximum atomic E-state index is 13.0. The Kier molecular flexibility index (Phi) is 5.34. The Bertz CT molecular complexity index is 1450. The largest absolute Gasteiger partial charge is 0.317 e. The van der Waals surface area contributed by atoms with E-state index in [1.165, 1.54) is 29.5 Å². The van der Waals surface area contributed by atoms with Crippen LogP contribution in [0.25, 0.3) is 10.1 Å². The summed E-state index contributed by atoms with van der Waals surface area (Å²) < 4.78 is 41.4. The summed E-state index contributed by atoms with van der Waals surface area (Å²) in [5.41, 5.74) is 1.97. The molecule has 168 valence electrons. The maximum absolute atomic E-state index is 13.0. The lowest BCUT2D eigenvalue weighted by molar-refractivity contribution is -0.117. The highest BCUT2D eigenvalue weighted by molar-refractivity contribution is 7.92. The summed E-state index contributed by atoms with van der Waals surface area (Å²) in [5, 5.41) is 4.87. The van der Waals surface area contributed by atoms with E-state index in [0.717, 1.165) is 38.5 Å². The minimum Gasteiger partial charge on any atom is -0.317 e. The van der Waals surface area contributed by atoms with Gasteiger partial charge in [-0.3, -0.25) is 14.5 Å². The van der Waals surface area contributed by atoms with Crippen LogP contribution in [0, 0.1) is 18.7 Å². The summed E-state index contributed by atoms with van der Waals surface area (Å²) in [6.07, 6.45) is 5.24. The lowest BCUT2D eigenvalue weighted by Gasteiger charge is -2.08. The Morgan fingerprint density at radius 2 is 1.91 bits per heavy atom. The second-order valence-electron chi connectivity index (χ2n) is 7.95. The summed E-state index contributed by atoms with van der Waals surface area (Å²) in [6.45, 7) is 1.99. The highest BCUT2D eigenvalue weighted by Crippen LogP contribution is 2.48. The molecule has 1 amide bonds. The number of nitrogens with zero attached hydrogens (tertiary/aromatic N) is 2. The van der Waals surface area contributed by atoms with Crippen molar-refractivity contribution in [1.29, 1.82) is 0 Å². The molecule has 1 aromatic carbocycles. The van der Waals surface area contributed by atoms with Crippen molar-refractivity contribution >= 4 is 48.2 Å².